The molecule has 1 atom stereocenters. The summed E-state index contributed by atoms with van der Waals surface area (Å²) in [7, 11) is 0. The number of halogens is 1. The lowest BCUT2D eigenvalue weighted by Crippen LogP contribution is -2.34. The summed E-state index contributed by atoms with van der Waals surface area (Å²) in [6.45, 7) is 0. The van der Waals surface area contributed by atoms with E-state index in [0.717, 1.165) is 4.90 Å². The summed E-state index contributed by atoms with van der Waals surface area (Å²) in [6, 6.07) is 11.1. The van der Waals surface area contributed by atoms with E-state index in [2.05, 4.69) is 5.32 Å². The number of carbonyl (C=O) groups is 3. The van der Waals surface area contributed by atoms with Gasteiger partial charge in [-0.25, -0.2) is 9.29 Å². The van der Waals surface area contributed by atoms with Crippen molar-refractivity contribution < 1.29 is 23.9 Å². The highest BCUT2D eigenvalue weighted by Gasteiger charge is 2.39. The second-order valence-electron chi connectivity index (χ2n) is 5.71. The van der Waals surface area contributed by atoms with Gasteiger partial charge in [0.1, 0.15) is 11.9 Å². The van der Waals surface area contributed by atoms with Gasteiger partial charge in [-0.1, -0.05) is 12.1 Å². The second kappa shape index (κ2) is 6.72. The minimum absolute atomic E-state index is 0.00686. The summed E-state index contributed by atoms with van der Waals surface area (Å²) in [6.07, 6.45) is -0.0907. The fraction of sp³-hybridized carbons (Fsp3) is 0.167. The molecule has 3 rings (SSSR count). The Morgan fingerprint density at radius 2 is 1.76 bits per heavy atom. The van der Waals surface area contributed by atoms with Gasteiger partial charge in [0.2, 0.25) is 5.91 Å². The lowest BCUT2D eigenvalue weighted by atomic mass is 10.1. The van der Waals surface area contributed by atoms with Gasteiger partial charge in [0, 0.05) is 5.69 Å². The number of carboxylic acids is 1. The third kappa shape index (κ3) is 3.65. The minimum atomic E-state index is -0.924. The van der Waals surface area contributed by atoms with E-state index in [1.807, 2.05) is 0 Å². The van der Waals surface area contributed by atoms with Crippen molar-refractivity contribution in [2.75, 3.05) is 10.2 Å². The predicted octanol–water partition coefficient (Wildman–Crippen LogP) is 2.20. The van der Waals surface area contributed by atoms with Crippen molar-refractivity contribution in [2.24, 2.45) is 0 Å². The maximum atomic E-state index is 13.0. The molecular formula is C18H15FN2O4. The lowest BCUT2D eigenvalue weighted by Gasteiger charge is -2.16. The van der Waals surface area contributed by atoms with Gasteiger partial charge >= 0.3 is 5.97 Å². The van der Waals surface area contributed by atoms with Crippen LogP contribution in [0.1, 0.15) is 12.0 Å². The monoisotopic (exact) mass is 342 g/mol. The fourth-order valence-corrected chi connectivity index (χ4v) is 2.70. The number of aliphatic carboxylic acids is 1. The van der Waals surface area contributed by atoms with Gasteiger partial charge in [0.25, 0.3) is 5.91 Å². The summed E-state index contributed by atoms with van der Waals surface area (Å²) in [5.74, 6) is -2.14. The van der Waals surface area contributed by atoms with Crippen LogP contribution < -0.4 is 10.2 Å². The Labute approximate surface area is 142 Å². The molecule has 2 amide bonds. The maximum absolute atomic E-state index is 13.0. The SMILES string of the molecule is O=C(O)Cc1ccc(N[C@@H]2CC(=O)N(c3ccc(F)cc3)C2=O)cc1. The van der Waals surface area contributed by atoms with E-state index in [1.54, 1.807) is 24.3 Å². The first kappa shape index (κ1) is 16.6. The van der Waals surface area contributed by atoms with Crippen LogP contribution in [0.3, 0.4) is 0 Å². The van der Waals surface area contributed by atoms with Crippen LogP contribution >= 0.6 is 0 Å². The average Bonchev–Trinajstić information content (AvgIpc) is 2.84. The number of hydrogen-bond donors (Lipinski definition) is 2. The van der Waals surface area contributed by atoms with E-state index >= 15 is 0 Å². The van der Waals surface area contributed by atoms with Gasteiger partial charge < -0.3 is 10.4 Å². The molecule has 0 radical (unpaired) electrons. The number of nitrogens with zero attached hydrogens (tertiary/aromatic N) is 1. The van der Waals surface area contributed by atoms with E-state index in [4.69, 9.17) is 5.11 Å². The molecule has 7 heteroatoms. The molecule has 128 valence electrons. The van der Waals surface area contributed by atoms with Gasteiger partial charge in [-0.3, -0.25) is 14.4 Å². The van der Waals surface area contributed by atoms with Crippen LogP contribution in [0.4, 0.5) is 15.8 Å². The number of rotatable bonds is 5. The molecule has 6 nitrogen and oxygen atoms in total. The summed E-state index contributed by atoms with van der Waals surface area (Å²) >= 11 is 0. The zero-order chi connectivity index (χ0) is 18.0. The third-order valence-electron chi connectivity index (χ3n) is 3.88. The normalized spacial score (nSPS) is 17.0. The molecule has 2 aromatic rings. The highest BCUT2D eigenvalue weighted by Crippen LogP contribution is 2.25. The van der Waals surface area contributed by atoms with Crippen LogP contribution in [0.2, 0.25) is 0 Å². The van der Waals surface area contributed by atoms with Gasteiger partial charge in [-0.15, -0.1) is 0 Å². The number of amides is 2. The average molecular weight is 342 g/mol. The van der Waals surface area contributed by atoms with E-state index < -0.39 is 23.7 Å². The van der Waals surface area contributed by atoms with Gasteiger partial charge in [0.05, 0.1) is 18.5 Å². The molecule has 0 unspecified atom stereocenters. The molecule has 25 heavy (non-hydrogen) atoms. The summed E-state index contributed by atoms with van der Waals surface area (Å²) in [4.78, 5) is 36.4. The Kier molecular flexibility index (Phi) is 4.47. The van der Waals surface area contributed by atoms with Crippen LogP contribution in [-0.4, -0.2) is 28.9 Å². The van der Waals surface area contributed by atoms with Crippen LogP contribution in [0.25, 0.3) is 0 Å². The Balaban J connectivity index is 1.71. The number of imide groups is 1. The molecule has 2 aromatic carbocycles. The molecule has 0 bridgehead atoms. The predicted molar refractivity (Wildman–Crippen MR) is 88.7 cm³/mol. The minimum Gasteiger partial charge on any atom is -0.481 e. The van der Waals surface area contributed by atoms with E-state index in [0.29, 0.717) is 16.9 Å². The number of carboxylic acid groups (broad SMARTS) is 1. The van der Waals surface area contributed by atoms with E-state index in [1.165, 1.54) is 24.3 Å². The Hall–Kier alpha value is -3.22. The van der Waals surface area contributed by atoms with Crippen LogP contribution in [-0.2, 0) is 20.8 Å². The first-order chi connectivity index (χ1) is 11.9. The molecule has 1 aliphatic heterocycles. The summed E-state index contributed by atoms with van der Waals surface area (Å²) in [5, 5.41) is 11.7. The molecule has 1 fully saturated rings. The van der Waals surface area contributed by atoms with E-state index in [-0.39, 0.29) is 18.7 Å². The zero-order valence-electron chi connectivity index (χ0n) is 13.1. The van der Waals surface area contributed by atoms with Gasteiger partial charge in [-0.2, -0.15) is 0 Å². The standard InChI is InChI=1S/C18H15FN2O4/c19-12-3-7-14(8-4-12)21-16(22)10-15(18(21)25)20-13-5-1-11(2-6-13)9-17(23)24/h1-8,15,20H,9-10H2,(H,23,24)/t15-/m1/s1. The van der Waals surface area contributed by atoms with Crippen molar-refractivity contribution in [1.29, 1.82) is 0 Å². The smallest absolute Gasteiger partial charge is 0.307 e. The van der Waals surface area contributed by atoms with Crippen molar-refractivity contribution >= 4 is 29.2 Å². The number of hydrogen-bond acceptors (Lipinski definition) is 4. The molecule has 0 saturated carbocycles. The molecule has 0 aromatic heterocycles. The van der Waals surface area contributed by atoms with Crippen molar-refractivity contribution in [3.63, 3.8) is 0 Å². The number of benzene rings is 2. The second-order valence-corrected chi connectivity index (χ2v) is 5.71. The number of nitrogens with one attached hydrogen (secondary N) is 1. The Morgan fingerprint density at radius 1 is 1.12 bits per heavy atom. The van der Waals surface area contributed by atoms with Crippen LogP contribution in [0.15, 0.2) is 48.5 Å². The molecule has 1 heterocycles. The molecule has 1 aliphatic rings. The highest BCUT2D eigenvalue weighted by atomic mass is 19.1. The zero-order valence-corrected chi connectivity index (χ0v) is 13.1. The molecule has 0 spiro atoms. The lowest BCUT2D eigenvalue weighted by molar-refractivity contribution is -0.136. The van der Waals surface area contributed by atoms with Crippen molar-refractivity contribution in [2.45, 2.75) is 18.9 Å². The largest absolute Gasteiger partial charge is 0.481 e. The topological polar surface area (TPSA) is 86.7 Å². The van der Waals surface area contributed by atoms with Crippen molar-refractivity contribution in [3.05, 3.63) is 59.9 Å². The molecule has 1 saturated heterocycles. The van der Waals surface area contributed by atoms with E-state index in [9.17, 15) is 18.8 Å². The Morgan fingerprint density at radius 3 is 2.36 bits per heavy atom. The molecule has 0 aliphatic carbocycles. The van der Waals surface area contributed by atoms with Crippen molar-refractivity contribution in [1.82, 2.24) is 0 Å². The van der Waals surface area contributed by atoms with Gasteiger partial charge in [0.15, 0.2) is 0 Å². The quantitative estimate of drug-likeness (QED) is 0.814. The molecular weight excluding hydrogens is 327 g/mol. The summed E-state index contributed by atoms with van der Waals surface area (Å²) in [5.41, 5.74) is 1.58. The molecule has 2 N–H and O–H groups in total. The van der Waals surface area contributed by atoms with Gasteiger partial charge in [-0.05, 0) is 42.0 Å². The Bertz CT molecular complexity index is 818. The number of carbonyl (C=O) groups excluding carboxylic acids is 2. The highest BCUT2D eigenvalue weighted by molar-refractivity contribution is 6.23. The number of anilines is 2. The maximum Gasteiger partial charge on any atom is 0.307 e. The third-order valence-corrected chi connectivity index (χ3v) is 3.88. The van der Waals surface area contributed by atoms with Crippen molar-refractivity contribution in [3.8, 4) is 0 Å². The van der Waals surface area contributed by atoms with Crippen LogP contribution in [0.5, 0.6) is 0 Å². The fourth-order valence-electron chi connectivity index (χ4n) is 2.70. The first-order valence-corrected chi connectivity index (χ1v) is 7.63. The first-order valence-electron chi connectivity index (χ1n) is 7.63. The summed E-state index contributed by atoms with van der Waals surface area (Å²) < 4.78 is 13.0. The van der Waals surface area contributed by atoms with Crippen LogP contribution in [0, 0.1) is 5.82 Å².